The van der Waals surface area contributed by atoms with Crippen molar-refractivity contribution in [2.45, 2.75) is 5.03 Å². The Morgan fingerprint density at radius 1 is 1.67 bits per heavy atom. The van der Waals surface area contributed by atoms with Gasteiger partial charge in [-0.2, -0.15) is 0 Å². The average molecular weight is 183 g/mol. The smallest absolute Gasteiger partial charge is 0.119 e. The molecule has 0 fully saturated rings. The molecule has 0 amide bonds. The molecular weight excluding hydrogens is 170 g/mol. The minimum Gasteiger partial charge on any atom is -0.397 e. The van der Waals surface area contributed by atoms with Gasteiger partial charge in [-0.25, -0.2) is 4.98 Å². The normalized spacial score (nSPS) is 10.1. The monoisotopic (exact) mass is 183 g/mol. The Morgan fingerprint density at radius 3 is 3.17 bits per heavy atom. The van der Waals surface area contributed by atoms with Gasteiger partial charge >= 0.3 is 0 Å². The second kappa shape index (κ2) is 5.00. The molecule has 12 heavy (non-hydrogen) atoms. The third-order valence-electron chi connectivity index (χ3n) is 1.39. The van der Waals surface area contributed by atoms with Crippen LogP contribution >= 0.6 is 11.8 Å². The zero-order valence-electron chi connectivity index (χ0n) is 7.08. The standard InChI is InChI=1S/C8H13N3S/c1-10-5-6-12-8-7(9)3-2-4-11-8/h2-4,10H,5-6,9H2,1H3. The number of pyridine rings is 1. The summed E-state index contributed by atoms with van der Waals surface area (Å²) in [7, 11) is 1.93. The molecule has 0 atom stereocenters. The summed E-state index contributed by atoms with van der Waals surface area (Å²) in [6.45, 7) is 0.973. The Kier molecular flexibility index (Phi) is 3.90. The summed E-state index contributed by atoms with van der Waals surface area (Å²) in [5, 5.41) is 3.99. The lowest BCUT2D eigenvalue weighted by atomic mass is 10.4. The Labute approximate surface area is 76.8 Å². The van der Waals surface area contributed by atoms with Crippen LogP contribution in [0.4, 0.5) is 5.69 Å². The van der Waals surface area contributed by atoms with Gasteiger partial charge in [-0.05, 0) is 19.2 Å². The van der Waals surface area contributed by atoms with Crippen molar-refractivity contribution in [2.24, 2.45) is 0 Å². The van der Waals surface area contributed by atoms with Crippen LogP contribution in [0.1, 0.15) is 0 Å². The van der Waals surface area contributed by atoms with Crippen LogP contribution in [0.5, 0.6) is 0 Å². The van der Waals surface area contributed by atoms with Gasteiger partial charge in [0.05, 0.1) is 5.69 Å². The summed E-state index contributed by atoms with van der Waals surface area (Å²) >= 11 is 1.67. The maximum atomic E-state index is 5.70. The van der Waals surface area contributed by atoms with Gasteiger partial charge in [0.15, 0.2) is 0 Å². The van der Waals surface area contributed by atoms with Crippen molar-refractivity contribution in [3.05, 3.63) is 18.3 Å². The Morgan fingerprint density at radius 2 is 2.50 bits per heavy atom. The number of thioether (sulfide) groups is 1. The maximum Gasteiger partial charge on any atom is 0.119 e. The Hall–Kier alpha value is -0.740. The number of hydrogen-bond donors (Lipinski definition) is 2. The molecule has 0 unspecified atom stereocenters. The minimum atomic E-state index is 0.763. The van der Waals surface area contributed by atoms with E-state index < -0.39 is 0 Å². The number of aromatic nitrogens is 1. The molecule has 1 rings (SSSR count). The first-order chi connectivity index (χ1) is 5.84. The highest BCUT2D eigenvalue weighted by Crippen LogP contribution is 2.20. The molecule has 0 spiro atoms. The van der Waals surface area contributed by atoms with E-state index in [9.17, 15) is 0 Å². The molecule has 0 aliphatic carbocycles. The molecule has 66 valence electrons. The van der Waals surface area contributed by atoms with E-state index in [0.29, 0.717) is 0 Å². The van der Waals surface area contributed by atoms with E-state index >= 15 is 0 Å². The second-order valence-electron chi connectivity index (χ2n) is 2.35. The van der Waals surface area contributed by atoms with Gasteiger partial charge in [0.2, 0.25) is 0 Å². The minimum absolute atomic E-state index is 0.763. The van der Waals surface area contributed by atoms with E-state index in [0.717, 1.165) is 23.0 Å². The molecule has 1 aromatic rings. The lowest BCUT2D eigenvalue weighted by Crippen LogP contribution is -2.09. The summed E-state index contributed by atoms with van der Waals surface area (Å²) in [6, 6.07) is 3.71. The molecule has 0 radical (unpaired) electrons. The fourth-order valence-corrected chi connectivity index (χ4v) is 1.64. The molecule has 1 heterocycles. The highest BCUT2D eigenvalue weighted by Gasteiger charge is 1.98. The predicted octanol–water partition coefficient (Wildman–Crippen LogP) is 0.975. The number of nitrogens with two attached hydrogens (primary N) is 1. The van der Waals surface area contributed by atoms with Gasteiger partial charge < -0.3 is 11.1 Å². The first-order valence-corrected chi connectivity index (χ1v) is 4.81. The lowest BCUT2D eigenvalue weighted by Gasteiger charge is -2.02. The third kappa shape index (κ3) is 2.71. The fourth-order valence-electron chi connectivity index (χ4n) is 0.774. The molecule has 0 aliphatic rings. The number of hydrogen-bond acceptors (Lipinski definition) is 4. The van der Waals surface area contributed by atoms with E-state index in [4.69, 9.17) is 5.73 Å². The molecule has 0 saturated heterocycles. The van der Waals surface area contributed by atoms with Crippen molar-refractivity contribution < 1.29 is 0 Å². The van der Waals surface area contributed by atoms with Gasteiger partial charge in [-0.15, -0.1) is 11.8 Å². The maximum absolute atomic E-state index is 5.70. The zero-order valence-corrected chi connectivity index (χ0v) is 7.90. The Balaban J connectivity index is 2.46. The zero-order chi connectivity index (χ0) is 8.81. The fraction of sp³-hybridized carbons (Fsp3) is 0.375. The van der Waals surface area contributed by atoms with Crippen LogP contribution in [0.3, 0.4) is 0 Å². The predicted molar refractivity (Wildman–Crippen MR) is 53.3 cm³/mol. The van der Waals surface area contributed by atoms with Crippen molar-refractivity contribution in [3.63, 3.8) is 0 Å². The summed E-state index contributed by atoms with van der Waals surface area (Å²) < 4.78 is 0. The van der Waals surface area contributed by atoms with Crippen LogP contribution in [-0.4, -0.2) is 24.3 Å². The number of nitrogens with one attached hydrogen (secondary N) is 1. The van der Waals surface area contributed by atoms with Gasteiger partial charge in [0.1, 0.15) is 5.03 Å². The van der Waals surface area contributed by atoms with Crippen LogP contribution in [-0.2, 0) is 0 Å². The second-order valence-corrected chi connectivity index (χ2v) is 3.43. The number of nitrogen functional groups attached to an aromatic ring is 1. The number of rotatable bonds is 4. The largest absolute Gasteiger partial charge is 0.397 e. The summed E-state index contributed by atoms with van der Waals surface area (Å²) in [5.41, 5.74) is 6.46. The molecule has 3 nitrogen and oxygen atoms in total. The van der Waals surface area contributed by atoms with Crippen molar-refractivity contribution in [3.8, 4) is 0 Å². The summed E-state index contributed by atoms with van der Waals surface area (Å²) in [5.74, 6) is 0.998. The van der Waals surface area contributed by atoms with E-state index in [1.807, 2.05) is 19.2 Å². The average Bonchev–Trinajstić information content (AvgIpc) is 2.09. The van der Waals surface area contributed by atoms with E-state index in [1.165, 1.54) is 0 Å². The molecular formula is C8H13N3S. The molecule has 4 heteroatoms. The lowest BCUT2D eigenvalue weighted by molar-refractivity contribution is 0.871. The Bertz CT molecular complexity index is 239. The summed E-state index contributed by atoms with van der Waals surface area (Å²) in [4.78, 5) is 4.16. The molecule has 3 N–H and O–H groups in total. The van der Waals surface area contributed by atoms with Crippen molar-refractivity contribution >= 4 is 17.4 Å². The van der Waals surface area contributed by atoms with Gasteiger partial charge in [-0.1, -0.05) is 0 Å². The van der Waals surface area contributed by atoms with Crippen molar-refractivity contribution in [1.29, 1.82) is 0 Å². The van der Waals surface area contributed by atoms with Crippen LogP contribution in [0.15, 0.2) is 23.4 Å². The molecule has 0 aliphatic heterocycles. The molecule has 0 saturated carbocycles. The molecule has 0 bridgehead atoms. The quantitative estimate of drug-likeness (QED) is 0.539. The SMILES string of the molecule is CNCCSc1ncccc1N. The third-order valence-corrected chi connectivity index (χ3v) is 2.41. The van der Waals surface area contributed by atoms with E-state index in [2.05, 4.69) is 10.3 Å². The summed E-state index contributed by atoms with van der Waals surface area (Å²) in [6.07, 6.45) is 1.76. The highest BCUT2D eigenvalue weighted by molar-refractivity contribution is 7.99. The van der Waals surface area contributed by atoms with Crippen LogP contribution in [0.2, 0.25) is 0 Å². The van der Waals surface area contributed by atoms with Crippen LogP contribution < -0.4 is 11.1 Å². The molecule has 0 aromatic carbocycles. The van der Waals surface area contributed by atoms with Gasteiger partial charge in [0, 0.05) is 18.5 Å². The van der Waals surface area contributed by atoms with E-state index in [1.54, 1.807) is 18.0 Å². The number of anilines is 1. The topological polar surface area (TPSA) is 50.9 Å². The van der Waals surface area contributed by atoms with Gasteiger partial charge in [-0.3, -0.25) is 0 Å². The molecule has 1 aromatic heterocycles. The number of nitrogens with zero attached hydrogens (tertiary/aromatic N) is 1. The van der Waals surface area contributed by atoms with Crippen molar-refractivity contribution in [1.82, 2.24) is 10.3 Å². The highest BCUT2D eigenvalue weighted by atomic mass is 32.2. The first-order valence-electron chi connectivity index (χ1n) is 3.82. The van der Waals surface area contributed by atoms with Gasteiger partial charge in [0.25, 0.3) is 0 Å². The first kappa shape index (κ1) is 9.35. The van der Waals surface area contributed by atoms with Crippen LogP contribution in [0, 0.1) is 0 Å². The van der Waals surface area contributed by atoms with E-state index in [-0.39, 0.29) is 0 Å². The van der Waals surface area contributed by atoms with Crippen LogP contribution in [0.25, 0.3) is 0 Å². The van der Waals surface area contributed by atoms with Crippen molar-refractivity contribution in [2.75, 3.05) is 25.1 Å².